The Balaban J connectivity index is 1.94. The van der Waals surface area contributed by atoms with E-state index in [0.29, 0.717) is 6.61 Å². The molecule has 3 rings (SSSR count). The second-order valence-corrected chi connectivity index (χ2v) is 4.67. The highest BCUT2D eigenvalue weighted by molar-refractivity contribution is 5.92. The normalized spacial score (nSPS) is 10.4. The maximum atomic E-state index is 5.85. The third-order valence-electron chi connectivity index (χ3n) is 3.41. The van der Waals surface area contributed by atoms with Crippen LogP contribution in [0, 0.1) is 0 Å². The molecule has 3 aromatic rings. The summed E-state index contributed by atoms with van der Waals surface area (Å²) in [6.07, 6.45) is 1.89. The zero-order valence-electron chi connectivity index (χ0n) is 11.3. The summed E-state index contributed by atoms with van der Waals surface area (Å²) in [5, 5.41) is 2.44. The standard InChI is InChI=1S/C19H16O/c1-2-15-12-13-16(19-11-7-6-10-18(15)19)14-20-17-8-4-3-5-9-17/h2-13H,1,14H2. The summed E-state index contributed by atoms with van der Waals surface area (Å²) in [6, 6.07) is 22.5. The molecule has 0 aromatic heterocycles. The van der Waals surface area contributed by atoms with Crippen molar-refractivity contribution in [3.63, 3.8) is 0 Å². The van der Waals surface area contributed by atoms with Gasteiger partial charge in [0.2, 0.25) is 0 Å². The van der Waals surface area contributed by atoms with E-state index in [2.05, 4.69) is 43.0 Å². The molecule has 0 aliphatic rings. The van der Waals surface area contributed by atoms with Crippen LogP contribution >= 0.6 is 0 Å². The average molecular weight is 260 g/mol. The Labute approximate surface area is 119 Å². The van der Waals surface area contributed by atoms with Crippen molar-refractivity contribution >= 4 is 16.8 Å². The molecular formula is C19H16O. The first-order chi connectivity index (χ1) is 9.88. The van der Waals surface area contributed by atoms with Gasteiger partial charge in [-0.2, -0.15) is 0 Å². The van der Waals surface area contributed by atoms with Crippen LogP contribution in [0.25, 0.3) is 16.8 Å². The van der Waals surface area contributed by atoms with Crippen LogP contribution in [0.1, 0.15) is 11.1 Å². The number of rotatable bonds is 4. The van der Waals surface area contributed by atoms with Crippen molar-refractivity contribution in [1.82, 2.24) is 0 Å². The Kier molecular flexibility index (Phi) is 3.51. The molecule has 0 spiro atoms. The first-order valence-electron chi connectivity index (χ1n) is 6.69. The van der Waals surface area contributed by atoms with Crippen LogP contribution in [0.15, 0.2) is 73.3 Å². The van der Waals surface area contributed by atoms with Gasteiger partial charge in [0.05, 0.1) is 0 Å². The van der Waals surface area contributed by atoms with E-state index in [-0.39, 0.29) is 0 Å². The van der Waals surface area contributed by atoms with Crippen LogP contribution < -0.4 is 4.74 Å². The van der Waals surface area contributed by atoms with Crippen LogP contribution in [0.3, 0.4) is 0 Å². The van der Waals surface area contributed by atoms with E-state index in [1.165, 1.54) is 16.3 Å². The van der Waals surface area contributed by atoms with Crippen LogP contribution in [-0.4, -0.2) is 0 Å². The first-order valence-corrected chi connectivity index (χ1v) is 6.69. The molecule has 0 saturated heterocycles. The summed E-state index contributed by atoms with van der Waals surface area (Å²) in [5.74, 6) is 0.893. The Morgan fingerprint density at radius 1 is 0.800 bits per heavy atom. The Morgan fingerprint density at radius 2 is 1.50 bits per heavy atom. The van der Waals surface area contributed by atoms with Gasteiger partial charge in [0.15, 0.2) is 0 Å². The fraction of sp³-hybridized carbons (Fsp3) is 0.0526. The molecule has 0 aliphatic carbocycles. The Hall–Kier alpha value is -2.54. The van der Waals surface area contributed by atoms with Crippen molar-refractivity contribution in [2.75, 3.05) is 0 Å². The predicted molar refractivity (Wildman–Crippen MR) is 84.8 cm³/mol. The minimum absolute atomic E-state index is 0.571. The van der Waals surface area contributed by atoms with E-state index < -0.39 is 0 Å². The van der Waals surface area contributed by atoms with E-state index in [9.17, 15) is 0 Å². The molecule has 20 heavy (non-hydrogen) atoms. The van der Waals surface area contributed by atoms with Gasteiger partial charge in [-0.15, -0.1) is 0 Å². The van der Waals surface area contributed by atoms with Gasteiger partial charge in [-0.1, -0.05) is 67.3 Å². The lowest BCUT2D eigenvalue weighted by atomic mass is 10.00. The quantitative estimate of drug-likeness (QED) is 0.637. The number of hydrogen-bond acceptors (Lipinski definition) is 1. The molecule has 0 radical (unpaired) electrons. The molecule has 0 aliphatic heterocycles. The SMILES string of the molecule is C=Cc1ccc(COc2ccccc2)c2ccccc12. The van der Waals surface area contributed by atoms with Crippen molar-refractivity contribution in [2.24, 2.45) is 0 Å². The number of ether oxygens (including phenoxy) is 1. The largest absolute Gasteiger partial charge is 0.489 e. The molecule has 0 amide bonds. The Bertz CT molecular complexity index is 729. The lowest BCUT2D eigenvalue weighted by Gasteiger charge is -2.10. The van der Waals surface area contributed by atoms with E-state index in [1.54, 1.807) is 0 Å². The highest BCUT2D eigenvalue weighted by atomic mass is 16.5. The minimum atomic E-state index is 0.571. The summed E-state index contributed by atoms with van der Waals surface area (Å²) in [4.78, 5) is 0. The third-order valence-corrected chi connectivity index (χ3v) is 3.41. The number of para-hydroxylation sites is 1. The lowest BCUT2D eigenvalue weighted by Crippen LogP contribution is -1.97. The fourth-order valence-corrected chi connectivity index (χ4v) is 2.37. The van der Waals surface area contributed by atoms with Crippen molar-refractivity contribution in [1.29, 1.82) is 0 Å². The van der Waals surface area contributed by atoms with Crippen molar-refractivity contribution in [2.45, 2.75) is 6.61 Å². The van der Waals surface area contributed by atoms with Gasteiger partial charge in [-0.05, 0) is 34.0 Å². The average Bonchev–Trinajstić information content (AvgIpc) is 2.53. The minimum Gasteiger partial charge on any atom is -0.489 e. The molecule has 1 nitrogen and oxygen atoms in total. The van der Waals surface area contributed by atoms with Gasteiger partial charge in [0.25, 0.3) is 0 Å². The maximum Gasteiger partial charge on any atom is 0.119 e. The van der Waals surface area contributed by atoms with E-state index >= 15 is 0 Å². The van der Waals surface area contributed by atoms with Gasteiger partial charge >= 0.3 is 0 Å². The van der Waals surface area contributed by atoms with Crippen LogP contribution in [-0.2, 0) is 6.61 Å². The predicted octanol–water partition coefficient (Wildman–Crippen LogP) is 5.06. The maximum absolute atomic E-state index is 5.85. The molecule has 0 saturated carbocycles. The van der Waals surface area contributed by atoms with Gasteiger partial charge in [-0.25, -0.2) is 0 Å². The zero-order chi connectivity index (χ0) is 13.8. The third kappa shape index (κ3) is 2.43. The van der Waals surface area contributed by atoms with Gasteiger partial charge < -0.3 is 4.74 Å². The molecule has 0 fully saturated rings. The van der Waals surface area contributed by atoms with Crippen LogP contribution in [0.5, 0.6) is 5.75 Å². The molecule has 0 unspecified atom stereocenters. The molecule has 0 N–H and O–H groups in total. The smallest absolute Gasteiger partial charge is 0.119 e. The summed E-state index contributed by atoms with van der Waals surface area (Å²) >= 11 is 0. The summed E-state index contributed by atoms with van der Waals surface area (Å²) in [5.41, 5.74) is 2.35. The van der Waals surface area contributed by atoms with Crippen molar-refractivity contribution < 1.29 is 4.74 Å². The second-order valence-electron chi connectivity index (χ2n) is 4.67. The highest BCUT2D eigenvalue weighted by Crippen LogP contribution is 2.24. The van der Waals surface area contributed by atoms with Gasteiger partial charge in [0, 0.05) is 0 Å². The first kappa shape index (κ1) is 12.5. The van der Waals surface area contributed by atoms with Gasteiger partial charge in [-0.3, -0.25) is 0 Å². The van der Waals surface area contributed by atoms with E-state index in [1.807, 2.05) is 36.4 Å². The summed E-state index contributed by atoms with van der Waals surface area (Å²) < 4.78 is 5.85. The van der Waals surface area contributed by atoms with Gasteiger partial charge in [0.1, 0.15) is 12.4 Å². The molecular weight excluding hydrogens is 244 g/mol. The topological polar surface area (TPSA) is 9.23 Å². The highest BCUT2D eigenvalue weighted by Gasteiger charge is 2.04. The molecule has 0 atom stereocenters. The van der Waals surface area contributed by atoms with Crippen LogP contribution in [0.2, 0.25) is 0 Å². The monoisotopic (exact) mass is 260 g/mol. The van der Waals surface area contributed by atoms with Crippen molar-refractivity contribution in [3.05, 3.63) is 84.4 Å². The second kappa shape index (κ2) is 5.62. The molecule has 0 heterocycles. The molecule has 0 bridgehead atoms. The Morgan fingerprint density at radius 3 is 2.25 bits per heavy atom. The van der Waals surface area contributed by atoms with Crippen molar-refractivity contribution in [3.8, 4) is 5.75 Å². The summed E-state index contributed by atoms with van der Waals surface area (Å²) in [6.45, 7) is 4.44. The van der Waals surface area contributed by atoms with E-state index in [0.717, 1.165) is 11.3 Å². The van der Waals surface area contributed by atoms with Crippen LogP contribution in [0.4, 0.5) is 0 Å². The van der Waals surface area contributed by atoms with E-state index in [4.69, 9.17) is 4.74 Å². The number of benzene rings is 3. The zero-order valence-corrected chi connectivity index (χ0v) is 11.3. The number of hydrogen-bond donors (Lipinski definition) is 0. The lowest BCUT2D eigenvalue weighted by molar-refractivity contribution is 0.307. The number of fused-ring (bicyclic) bond motifs is 1. The molecule has 98 valence electrons. The fourth-order valence-electron chi connectivity index (χ4n) is 2.37. The molecule has 3 aromatic carbocycles. The summed E-state index contributed by atoms with van der Waals surface area (Å²) in [7, 11) is 0. The molecule has 1 heteroatoms.